The second kappa shape index (κ2) is 6.01. The lowest BCUT2D eigenvalue weighted by molar-refractivity contribution is -0.122. The van der Waals surface area contributed by atoms with Crippen molar-refractivity contribution in [3.05, 3.63) is 0 Å². The molecule has 0 aromatic carbocycles. The van der Waals surface area contributed by atoms with E-state index in [4.69, 9.17) is 15.2 Å². The summed E-state index contributed by atoms with van der Waals surface area (Å²) in [6, 6.07) is -0.912. The van der Waals surface area contributed by atoms with Gasteiger partial charge in [-0.15, -0.1) is 0 Å². The molecule has 2 aliphatic heterocycles. The Hall–Kier alpha value is -1.34. The van der Waals surface area contributed by atoms with Crippen LogP contribution in [0.1, 0.15) is 12.8 Å². The predicted octanol–water partition coefficient (Wildman–Crippen LogP) is -0.734. The summed E-state index contributed by atoms with van der Waals surface area (Å²) in [6.45, 7) is 2.57. The number of hydrogen-bond donors (Lipinski definition) is 2. The minimum atomic E-state index is -0.623. The number of rotatable bonds is 3. The molecular weight excluding hydrogens is 238 g/mol. The fraction of sp³-hybridized carbons (Fsp3) is 0.818. The Labute approximate surface area is 106 Å². The Morgan fingerprint density at radius 2 is 1.94 bits per heavy atom. The predicted molar refractivity (Wildman–Crippen MR) is 62.6 cm³/mol. The van der Waals surface area contributed by atoms with Crippen molar-refractivity contribution in [2.24, 2.45) is 11.7 Å². The molecule has 0 spiro atoms. The van der Waals surface area contributed by atoms with Gasteiger partial charge in [0.15, 0.2) is 0 Å². The van der Waals surface area contributed by atoms with Crippen LogP contribution < -0.4 is 11.1 Å². The zero-order chi connectivity index (χ0) is 13.0. The van der Waals surface area contributed by atoms with Crippen LogP contribution in [0.4, 0.5) is 4.79 Å². The minimum absolute atomic E-state index is 0.0590. The van der Waals surface area contributed by atoms with E-state index >= 15 is 0 Å². The van der Waals surface area contributed by atoms with Gasteiger partial charge < -0.3 is 20.5 Å². The molecule has 7 heteroatoms. The number of amides is 3. The molecule has 0 saturated carbocycles. The first-order valence-corrected chi connectivity index (χ1v) is 6.18. The van der Waals surface area contributed by atoms with Crippen LogP contribution in [-0.2, 0) is 14.3 Å². The van der Waals surface area contributed by atoms with Crippen molar-refractivity contribution in [3.8, 4) is 0 Å². The molecule has 102 valence electrons. The van der Waals surface area contributed by atoms with Crippen LogP contribution in [0.25, 0.3) is 0 Å². The van der Waals surface area contributed by atoms with E-state index in [1.165, 1.54) is 4.90 Å². The van der Waals surface area contributed by atoms with Gasteiger partial charge >= 0.3 is 6.03 Å². The Balaban J connectivity index is 1.92. The molecule has 3 N–H and O–H groups in total. The molecule has 2 fully saturated rings. The monoisotopic (exact) mass is 257 g/mol. The maximum atomic E-state index is 11.9. The molecule has 1 unspecified atom stereocenters. The third kappa shape index (κ3) is 3.11. The molecule has 3 amide bonds. The van der Waals surface area contributed by atoms with Crippen LogP contribution in [0.15, 0.2) is 0 Å². The van der Waals surface area contributed by atoms with Gasteiger partial charge in [0.25, 0.3) is 0 Å². The highest BCUT2D eigenvalue weighted by Gasteiger charge is 2.31. The fourth-order valence-electron chi connectivity index (χ4n) is 2.27. The average molecular weight is 257 g/mol. The number of urea groups is 1. The first kappa shape index (κ1) is 13.1. The number of carbonyl (C=O) groups is 2. The zero-order valence-electron chi connectivity index (χ0n) is 10.3. The van der Waals surface area contributed by atoms with Crippen LogP contribution >= 0.6 is 0 Å². The van der Waals surface area contributed by atoms with Gasteiger partial charge in [0.1, 0.15) is 12.8 Å². The number of hydrogen-bond acceptors (Lipinski definition) is 4. The van der Waals surface area contributed by atoms with Crippen LogP contribution in [-0.4, -0.2) is 56.0 Å². The quantitative estimate of drug-likeness (QED) is 0.696. The van der Waals surface area contributed by atoms with E-state index in [1.54, 1.807) is 0 Å². The van der Waals surface area contributed by atoms with Crippen molar-refractivity contribution < 1.29 is 19.1 Å². The van der Waals surface area contributed by atoms with Gasteiger partial charge in [-0.2, -0.15) is 0 Å². The average Bonchev–Trinajstić information content (AvgIpc) is 2.90. The van der Waals surface area contributed by atoms with Crippen LogP contribution in [0.3, 0.4) is 0 Å². The molecule has 2 heterocycles. The molecule has 0 radical (unpaired) electrons. The van der Waals surface area contributed by atoms with Crippen LogP contribution in [0.2, 0.25) is 0 Å². The molecule has 0 aromatic heterocycles. The lowest BCUT2D eigenvalue weighted by Gasteiger charge is -2.29. The summed E-state index contributed by atoms with van der Waals surface area (Å²) in [6.07, 6.45) is 1.48. The topological polar surface area (TPSA) is 93.9 Å². The molecule has 2 aliphatic rings. The maximum absolute atomic E-state index is 11.9. The molecule has 1 atom stereocenters. The Kier molecular flexibility index (Phi) is 4.38. The van der Waals surface area contributed by atoms with E-state index in [1.807, 2.05) is 0 Å². The third-order valence-corrected chi connectivity index (χ3v) is 3.36. The number of nitrogens with zero attached hydrogens (tertiary/aromatic N) is 1. The van der Waals surface area contributed by atoms with Crippen molar-refractivity contribution in [2.45, 2.75) is 18.9 Å². The largest absolute Gasteiger partial charge is 0.381 e. The van der Waals surface area contributed by atoms with Crippen LogP contribution in [0, 0.1) is 5.92 Å². The Morgan fingerprint density at radius 3 is 2.50 bits per heavy atom. The van der Waals surface area contributed by atoms with E-state index < -0.39 is 11.9 Å². The Morgan fingerprint density at radius 1 is 1.22 bits per heavy atom. The van der Waals surface area contributed by atoms with E-state index in [9.17, 15) is 9.59 Å². The summed E-state index contributed by atoms with van der Waals surface area (Å²) in [5.41, 5.74) is 5.37. The molecule has 0 aromatic rings. The summed E-state index contributed by atoms with van der Waals surface area (Å²) in [5.74, 6) is -0.431. The molecule has 7 nitrogen and oxygen atoms in total. The van der Waals surface area contributed by atoms with E-state index in [0.29, 0.717) is 26.4 Å². The van der Waals surface area contributed by atoms with Crippen molar-refractivity contribution in [3.63, 3.8) is 0 Å². The van der Waals surface area contributed by atoms with E-state index in [-0.39, 0.29) is 18.7 Å². The third-order valence-electron chi connectivity index (χ3n) is 3.36. The van der Waals surface area contributed by atoms with Crippen LogP contribution in [0.5, 0.6) is 0 Å². The zero-order valence-corrected chi connectivity index (χ0v) is 10.3. The molecule has 0 bridgehead atoms. The standard InChI is InChI=1S/C11H19N3O4/c12-10(15)9(8-1-4-17-5-2-8)13-11(16)14-3-6-18-7-14/h8-9H,1-7H2,(H2,12,15)(H,13,16). The van der Waals surface area contributed by atoms with Crippen molar-refractivity contribution in [1.82, 2.24) is 10.2 Å². The molecule has 2 saturated heterocycles. The molecule has 0 aliphatic carbocycles. The number of nitrogens with one attached hydrogen (secondary N) is 1. The van der Waals surface area contributed by atoms with Crippen molar-refractivity contribution in [2.75, 3.05) is 33.1 Å². The summed E-state index contributed by atoms with van der Waals surface area (Å²) >= 11 is 0. The summed E-state index contributed by atoms with van der Waals surface area (Å²) in [4.78, 5) is 24.9. The van der Waals surface area contributed by atoms with E-state index in [0.717, 1.165) is 12.8 Å². The first-order valence-electron chi connectivity index (χ1n) is 6.18. The number of ether oxygens (including phenoxy) is 2. The Bertz CT molecular complexity index is 311. The number of carbonyl (C=O) groups excluding carboxylic acids is 2. The summed E-state index contributed by atoms with van der Waals surface area (Å²) in [5, 5.41) is 2.70. The smallest absolute Gasteiger partial charge is 0.319 e. The van der Waals surface area contributed by atoms with Gasteiger partial charge in [-0.05, 0) is 18.8 Å². The summed E-state index contributed by atoms with van der Waals surface area (Å²) in [7, 11) is 0. The normalized spacial score (nSPS) is 22.8. The van der Waals surface area contributed by atoms with Crippen molar-refractivity contribution in [1.29, 1.82) is 0 Å². The lowest BCUT2D eigenvalue weighted by atomic mass is 9.91. The highest BCUT2D eigenvalue weighted by molar-refractivity contribution is 5.86. The second-order valence-electron chi connectivity index (χ2n) is 4.58. The highest BCUT2D eigenvalue weighted by atomic mass is 16.5. The summed E-state index contributed by atoms with van der Waals surface area (Å²) < 4.78 is 10.3. The molecular formula is C11H19N3O4. The van der Waals surface area contributed by atoms with Gasteiger partial charge in [0.05, 0.1) is 6.61 Å². The second-order valence-corrected chi connectivity index (χ2v) is 4.58. The van der Waals surface area contributed by atoms with Gasteiger partial charge in [0.2, 0.25) is 5.91 Å². The number of primary amides is 1. The van der Waals surface area contributed by atoms with Gasteiger partial charge in [-0.1, -0.05) is 0 Å². The van der Waals surface area contributed by atoms with Gasteiger partial charge in [-0.3, -0.25) is 9.69 Å². The first-order chi connectivity index (χ1) is 8.68. The van der Waals surface area contributed by atoms with Gasteiger partial charge in [0, 0.05) is 19.8 Å². The van der Waals surface area contributed by atoms with Gasteiger partial charge in [-0.25, -0.2) is 4.79 Å². The maximum Gasteiger partial charge on any atom is 0.319 e. The lowest BCUT2D eigenvalue weighted by Crippen LogP contribution is -2.53. The van der Waals surface area contributed by atoms with Crippen molar-refractivity contribution >= 4 is 11.9 Å². The fourth-order valence-corrected chi connectivity index (χ4v) is 2.27. The molecule has 18 heavy (non-hydrogen) atoms. The highest BCUT2D eigenvalue weighted by Crippen LogP contribution is 2.19. The van der Waals surface area contributed by atoms with E-state index in [2.05, 4.69) is 5.32 Å². The minimum Gasteiger partial charge on any atom is -0.381 e. The molecule has 2 rings (SSSR count). The SMILES string of the molecule is NC(=O)C(NC(=O)N1CCOC1)C1CCOCC1. The number of nitrogens with two attached hydrogens (primary N) is 1.